The van der Waals surface area contributed by atoms with E-state index in [-0.39, 0.29) is 11.8 Å². The van der Waals surface area contributed by atoms with Crippen molar-refractivity contribution in [2.75, 3.05) is 25.1 Å². The lowest BCUT2D eigenvalue weighted by atomic mass is 10.2. The van der Waals surface area contributed by atoms with Crippen molar-refractivity contribution in [3.05, 3.63) is 30.1 Å². The molecule has 4 heteroatoms. The van der Waals surface area contributed by atoms with Crippen LogP contribution in [0.15, 0.2) is 24.3 Å². The van der Waals surface area contributed by atoms with Gasteiger partial charge in [-0.05, 0) is 38.0 Å². The van der Waals surface area contributed by atoms with Gasteiger partial charge >= 0.3 is 5.97 Å². The van der Waals surface area contributed by atoms with Crippen LogP contribution in [-0.4, -0.2) is 26.2 Å². The van der Waals surface area contributed by atoms with Crippen LogP contribution in [0.3, 0.4) is 0 Å². The third-order valence-corrected chi connectivity index (χ3v) is 2.93. The molecule has 0 N–H and O–H groups in total. The van der Waals surface area contributed by atoms with Gasteiger partial charge in [0, 0.05) is 25.7 Å². The molecule has 0 bridgehead atoms. The Bertz CT molecular complexity index is 395. The van der Waals surface area contributed by atoms with Crippen LogP contribution < -0.4 is 4.90 Å². The average molecular weight is 267 g/mol. The SMILES string of the molecule is CCOC(=O)CCCCCN(C)c1cccc(F)c1. The normalized spacial score (nSPS) is 10.3. The van der Waals surface area contributed by atoms with Crippen LogP contribution in [0.25, 0.3) is 0 Å². The van der Waals surface area contributed by atoms with Crippen molar-refractivity contribution in [2.45, 2.75) is 32.6 Å². The molecule has 0 saturated carbocycles. The minimum absolute atomic E-state index is 0.124. The number of ether oxygens (including phenoxy) is 1. The third kappa shape index (κ3) is 6.22. The molecule has 0 aliphatic carbocycles. The molecule has 0 amide bonds. The molecule has 0 heterocycles. The van der Waals surface area contributed by atoms with Crippen LogP contribution in [0, 0.1) is 5.82 Å². The lowest BCUT2D eigenvalue weighted by molar-refractivity contribution is -0.143. The highest BCUT2D eigenvalue weighted by Gasteiger charge is 2.03. The lowest BCUT2D eigenvalue weighted by Crippen LogP contribution is -2.18. The first-order valence-electron chi connectivity index (χ1n) is 6.75. The first-order chi connectivity index (χ1) is 9.13. The highest BCUT2D eigenvalue weighted by Crippen LogP contribution is 2.14. The molecule has 0 fully saturated rings. The maximum absolute atomic E-state index is 13.1. The number of anilines is 1. The zero-order valence-corrected chi connectivity index (χ0v) is 11.7. The number of nitrogens with zero attached hydrogens (tertiary/aromatic N) is 1. The molecule has 0 spiro atoms. The number of halogens is 1. The number of benzene rings is 1. The number of carbonyl (C=O) groups is 1. The molecular formula is C15H22FNO2. The highest BCUT2D eigenvalue weighted by atomic mass is 19.1. The minimum atomic E-state index is -0.216. The Balaban J connectivity index is 2.17. The molecule has 106 valence electrons. The molecule has 19 heavy (non-hydrogen) atoms. The molecule has 1 aromatic carbocycles. The van der Waals surface area contributed by atoms with E-state index in [1.807, 2.05) is 24.9 Å². The predicted octanol–water partition coefficient (Wildman–Crippen LogP) is 3.39. The maximum Gasteiger partial charge on any atom is 0.305 e. The Labute approximate surface area is 114 Å². The fraction of sp³-hybridized carbons (Fsp3) is 0.533. The molecule has 0 saturated heterocycles. The van der Waals surface area contributed by atoms with Gasteiger partial charge in [0.1, 0.15) is 5.82 Å². The van der Waals surface area contributed by atoms with Gasteiger partial charge < -0.3 is 9.64 Å². The molecule has 3 nitrogen and oxygen atoms in total. The summed E-state index contributed by atoms with van der Waals surface area (Å²) >= 11 is 0. The molecule has 0 aromatic heterocycles. The molecule has 0 aliphatic rings. The third-order valence-electron chi connectivity index (χ3n) is 2.93. The van der Waals surface area contributed by atoms with Crippen molar-refractivity contribution in [3.8, 4) is 0 Å². The Morgan fingerprint density at radius 2 is 2.11 bits per heavy atom. The van der Waals surface area contributed by atoms with Crippen molar-refractivity contribution < 1.29 is 13.9 Å². The second-order valence-corrected chi connectivity index (χ2v) is 4.52. The summed E-state index contributed by atoms with van der Waals surface area (Å²) in [5.74, 6) is -0.340. The molecule has 1 aromatic rings. The standard InChI is InChI=1S/C15H22FNO2/c1-3-19-15(18)10-5-4-6-11-17(2)14-9-7-8-13(16)12-14/h7-9,12H,3-6,10-11H2,1-2H3. The van der Waals surface area contributed by atoms with E-state index in [1.54, 1.807) is 6.07 Å². The second kappa shape index (κ2) is 8.51. The molecular weight excluding hydrogens is 245 g/mol. The van der Waals surface area contributed by atoms with Gasteiger partial charge in [0.25, 0.3) is 0 Å². The molecule has 0 radical (unpaired) electrons. The van der Waals surface area contributed by atoms with Gasteiger partial charge in [-0.15, -0.1) is 0 Å². The Kier molecular flexibility index (Phi) is 6.93. The van der Waals surface area contributed by atoms with Crippen LogP contribution in [0.5, 0.6) is 0 Å². The molecule has 0 atom stereocenters. The van der Waals surface area contributed by atoms with Crippen LogP contribution in [0.2, 0.25) is 0 Å². The molecule has 0 unspecified atom stereocenters. The van der Waals surface area contributed by atoms with Gasteiger partial charge in [-0.2, -0.15) is 0 Å². The van der Waals surface area contributed by atoms with E-state index in [0.29, 0.717) is 13.0 Å². The fourth-order valence-corrected chi connectivity index (χ4v) is 1.87. The Morgan fingerprint density at radius 1 is 1.32 bits per heavy atom. The van der Waals surface area contributed by atoms with Crippen molar-refractivity contribution >= 4 is 11.7 Å². The summed E-state index contributed by atoms with van der Waals surface area (Å²) in [6, 6.07) is 6.57. The average Bonchev–Trinajstić information content (AvgIpc) is 2.38. The quantitative estimate of drug-likeness (QED) is 0.534. The van der Waals surface area contributed by atoms with Gasteiger partial charge in [-0.3, -0.25) is 4.79 Å². The van der Waals surface area contributed by atoms with Gasteiger partial charge in [0.05, 0.1) is 6.61 Å². The topological polar surface area (TPSA) is 29.5 Å². The number of carbonyl (C=O) groups excluding carboxylic acids is 1. The summed E-state index contributed by atoms with van der Waals surface area (Å²) in [4.78, 5) is 13.1. The van der Waals surface area contributed by atoms with Crippen LogP contribution in [0.1, 0.15) is 32.6 Å². The highest BCUT2D eigenvalue weighted by molar-refractivity contribution is 5.69. The van der Waals surface area contributed by atoms with E-state index in [9.17, 15) is 9.18 Å². The number of unbranched alkanes of at least 4 members (excludes halogenated alkanes) is 2. The Hall–Kier alpha value is -1.58. The summed E-state index contributed by atoms with van der Waals surface area (Å²) in [7, 11) is 1.94. The van der Waals surface area contributed by atoms with Gasteiger partial charge in [-0.25, -0.2) is 4.39 Å². The van der Waals surface area contributed by atoms with E-state index in [2.05, 4.69) is 0 Å². The number of esters is 1. The second-order valence-electron chi connectivity index (χ2n) is 4.52. The predicted molar refractivity (Wildman–Crippen MR) is 74.8 cm³/mol. The summed E-state index contributed by atoms with van der Waals surface area (Å²) in [6.07, 6.45) is 3.28. The first kappa shape index (κ1) is 15.5. The monoisotopic (exact) mass is 267 g/mol. The van der Waals surface area contributed by atoms with Crippen molar-refractivity contribution in [1.29, 1.82) is 0 Å². The fourth-order valence-electron chi connectivity index (χ4n) is 1.87. The molecule has 0 aliphatic heterocycles. The summed E-state index contributed by atoms with van der Waals surface area (Å²) < 4.78 is 17.9. The van der Waals surface area contributed by atoms with Crippen LogP contribution in [0.4, 0.5) is 10.1 Å². The minimum Gasteiger partial charge on any atom is -0.466 e. The zero-order valence-electron chi connectivity index (χ0n) is 11.7. The largest absolute Gasteiger partial charge is 0.466 e. The maximum atomic E-state index is 13.1. The van der Waals surface area contributed by atoms with Gasteiger partial charge in [0.2, 0.25) is 0 Å². The van der Waals surface area contributed by atoms with Crippen molar-refractivity contribution in [2.24, 2.45) is 0 Å². The van der Waals surface area contributed by atoms with Crippen LogP contribution >= 0.6 is 0 Å². The Morgan fingerprint density at radius 3 is 2.79 bits per heavy atom. The van der Waals surface area contributed by atoms with E-state index >= 15 is 0 Å². The van der Waals surface area contributed by atoms with E-state index in [4.69, 9.17) is 4.74 Å². The van der Waals surface area contributed by atoms with Gasteiger partial charge in [-0.1, -0.05) is 12.5 Å². The van der Waals surface area contributed by atoms with Crippen molar-refractivity contribution in [1.82, 2.24) is 0 Å². The summed E-state index contributed by atoms with van der Waals surface area (Å²) in [5, 5.41) is 0. The smallest absolute Gasteiger partial charge is 0.305 e. The number of hydrogen-bond donors (Lipinski definition) is 0. The van der Waals surface area contributed by atoms with Gasteiger partial charge in [0.15, 0.2) is 0 Å². The van der Waals surface area contributed by atoms with E-state index in [1.165, 1.54) is 12.1 Å². The van der Waals surface area contributed by atoms with Crippen LogP contribution in [-0.2, 0) is 9.53 Å². The van der Waals surface area contributed by atoms with E-state index in [0.717, 1.165) is 31.5 Å². The summed E-state index contributed by atoms with van der Waals surface area (Å²) in [6.45, 7) is 3.11. The number of rotatable bonds is 8. The van der Waals surface area contributed by atoms with Crippen molar-refractivity contribution in [3.63, 3.8) is 0 Å². The first-order valence-corrected chi connectivity index (χ1v) is 6.75. The summed E-state index contributed by atoms with van der Waals surface area (Å²) in [5.41, 5.74) is 0.880. The zero-order chi connectivity index (χ0) is 14.1. The number of hydrogen-bond acceptors (Lipinski definition) is 3. The molecule has 1 rings (SSSR count). The van der Waals surface area contributed by atoms with E-state index < -0.39 is 0 Å². The lowest BCUT2D eigenvalue weighted by Gasteiger charge is -2.19.